The molecule has 0 spiro atoms. The normalized spacial score (nSPS) is 27.6. The molecule has 2 aliphatic rings. The van der Waals surface area contributed by atoms with E-state index in [0.29, 0.717) is 19.4 Å². The van der Waals surface area contributed by atoms with Crippen LogP contribution in [0.15, 0.2) is 52.2 Å². The first kappa shape index (κ1) is 27.2. The highest BCUT2D eigenvalue weighted by atomic mass is 31.2. The number of rotatable bonds is 10. The largest absolute Gasteiger partial charge is 0.465 e. The summed E-state index contributed by atoms with van der Waals surface area (Å²) >= 11 is 0. The maximum atomic E-state index is 13.8. The number of aromatic amines is 1. The summed E-state index contributed by atoms with van der Waals surface area (Å²) in [6.45, 7) is 3.21. The van der Waals surface area contributed by atoms with E-state index in [2.05, 4.69) is 10.1 Å². The van der Waals surface area contributed by atoms with E-state index in [1.807, 2.05) is 0 Å². The highest BCUT2D eigenvalue weighted by molar-refractivity contribution is 7.52. The molecular formula is C23H30N3O10P. The van der Waals surface area contributed by atoms with Crippen LogP contribution >= 0.6 is 7.75 Å². The van der Waals surface area contributed by atoms with Gasteiger partial charge >= 0.3 is 19.4 Å². The Bertz CT molecular complexity index is 1250. The van der Waals surface area contributed by atoms with Crippen molar-refractivity contribution < 1.29 is 37.7 Å². The fourth-order valence-electron chi connectivity index (χ4n) is 4.37. The number of para-hydroxylation sites is 1. The van der Waals surface area contributed by atoms with E-state index >= 15 is 0 Å². The van der Waals surface area contributed by atoms with Crippen LogP contribution in [-0.2, 0) is 28.1 Å². The number of carbonyl (C=O) groups excluding carboxylic acids is 1. The van der Waals surface area contributed by atoms with Crippen LogP contribution in [0.2, 0.25) is 0 Å². The van der Waals surface area contributed by atoms with Gasteiger partial charge in [-0.2, -0.15) is 5.09 Å². The van der Waals surface area contributed by atoms with Gasteiger partial charge in [-0.3, -0.25) is 23.7 Å². The highest BCUT2D eigenvalue weighted by Crippen LogP contribution is 2.50. The van der Waals surface area contributed by atoms with E-state index in [0.717, 1.165) is 10.6 Å². The van der Waals surface area contributed by atoms with Crippen LogP contribution in [0.25, 0.3) is 0 Å². The molecule has 0 bridgehead atoms. The van der Waals surface area contributed by atoms with Crippen molar-refractivity contribution >= 4 is 13.7 Å². The fraction of sp³-hybridized carbons (Fsp3) is 0.522. The lowest BCUT2D eigenvalue weighted by Crippen LogP contribution is -2.51. The molecule has 13 nitrogen and oxygen atoms in total. The number of hydrogen-bond acceptors (Lipinski definition) is 10. The van der Waals surface area contributed by atoms with Crippen LogP contribution in [0.3, 0.4) is 0 Å². The molecule has 37 heavy (non-hydrogen) atoms. The van der Waals surface area contributed by atoms with Gasteiger partial charge in [0, 0.05) is 18.9 Å². The van der Waals surface area contributed by atoms with Crippen LogP contribution in [0.4, 0.5) is 0 Å². The molecule has 202 valence electrons. The number of aliphatic hydroxyl groups excluding tert-OH is 1. The number of esters is 1. The van der Waals surface area contributed by atoms with Crippen molar-refractivity contribution in [2.75, 3.05) is 19.8 Å². The number of carbonyl (C=O) groups is 1. The summed E-state index contributed by atoms with van der Waals surface area (Å²) in [5.74, 6) is -0.418. The van der Waals surface area contributed by atoms with Gasteiger partial charge in [0.05, 0.1) is 13.2 Å². The minimum Gasteiger partial charge on any atom is -0.465 e. The first-order valence-electron chi connectivity index (χ1n) is 11.9. The molecule has 6 atom stereocenters. The van der Waals surface area contributed by atoms with Crippen LogP contribution in [0.1, 0.15) is 32.9 Å². The number of aliphatic hydroxyl groups is 1. The quantitative estimate of drug-likeness (QED) is 0.292. The molecule has 4 rings (SSSR count). The molecule has 3 N–H and O–H groups in total. The van der Waals surface area contributed by atoms with Gasteiger partial charge in [0.1, 0.15) is 29.6 Å². The number of fused-ring (bicyclic) bond motifs is 1. The summed E-state index contributed by atoms with van der Waals surface area (Å²) in [4.78, 5) is 38.2. The van der Waals surface area contributed by atoms with Crippen molar-refractivity contribution in [2.24, 2.45) is 0 Å². The Morgan fingerprint density at radius 2 is 2.08 bits per heavy atom. The molecule has 0 aliphatic carbocycles. The highest BCUT2D eigenvalue weighted by Gasteiger charge is 2.58. The molecule has 1 aromatic carbocycles. The third kappa shape index (κ3) is 6.03. The average Bonchev–Trinajstić information content (AvgIpc) is 3.16. The smallest absolute Gasteiger partial charge is 0.459 e. The van der Waals surface area contributed by atoms with E-state index in [1.54, 1.807) is 37.3 Å². The Morgan fingerprint density at radius 1 is 1.32 bits per heavy atom. The summed E-state index contributed by atoms with van der Waals surface area (Å²) in [7, 11) is -4.21. The van der Waals surface area contributed by atoms with Gasteiger partial charge in [-0.1, -0.05) is 18.2 Å². The van der Waals surface area contributed by atoms with E-state index in [9.17, 15) is 24.1 Å². The number of benzene rings is 1. The molecule has 0 amide bonds. The number of nitrogens with one attached hydrogen (secondary N) is 2. The third-order valence-corrected chi connectivity index (χ3v) is 7.71. The average molecular weight is 539 g/mol. The first-order valence-corrected chi connectivity index (χ1v) is 13.4. The zero-order chi connectivity index (χ0) is 26.6. The van der Waals surface area contributed by atoms with Crippen LogP contribution in [0, 0.1) is 0 Å². The zero-order valence-corrected chi connectivity index (χ0v) is 21.3. The molecule has 3 heterocycles. The molecule has 2 aliphatic heterocycles. The SMILES string of the molecule is CCOC(=O)[C@H](C)NP(=O)(OC[C@]12CCCO[C@H]1[C@@H](O)[C@H](n1ccc(=O)[nH]c1=O)O2)Oc1ccccc1. The molecule has 0 radical (unpaired) electrons. The van der Waals surface area contributed by atoms with E-state index in [4.69, 9.17) is 23.3 Å². The van der Waals surface area contributed by atoms with Crippen molar-refractivity contribution in [3.05, 3.63) is 63.4 Å². The van der Waals surface area contributed by atoms with Crippen molar-refractivity contribution in [1.82, 2.24) is 14.6 Å². The first-order chi connectivity index (χ1) is 17.7. The molecule has 0 saturated carbocycles. The predicted octanol–water partition coefficient (Wildman–Crippen LogP) is 1.09. The number of H-pyrrole nitrogens is 1. The minimum atomic E-state index is -4.21. The van der Waals surface area contributed by atoms with Gasteiger partial charge in [-0.15, -0.1) is 0 Å². The summed E-state index contributed by atoms with van der Waals surface area (Å²) in [5, 5.41) is 13.6. The number of ether oxygens (including phenoxy) is 3. The van der Waals surface area contributed by atoms with Crippen molar-refractivity contribution in [3.63, 3.8) is 0 Å². The number of aromatic nitrogens is 2. The Morgan fingerprint density at radius 3 is 2.78 bits per heavy atom. The summed E-state index contributed by atoms with van der Waals surface area (Å²) in [5.41, 5.74) is -2.67. The summed E-state index contributed by atoms with van der Waals surface area (Å²) < 4.78 is 43.3. The van der Waals surface area contributed by atoms with Gasteiger partial charge in [0.15, 0.2) is 6.23 Å². The number of nitrogens with zero attached hydrogens (tertiary/aromatic N) is 1. The molecular weight excluding hydrogens is 509 g/mol. The maximum absolute atomic E-state index is 13.8. The third-order valence-electron chi connectivity index (χ3n) is 6.08. The van der Waals surface area contributed by atoms with Crippen molar-refractivity contribution in [3.8, 4) is 5.75 Å². The standard InChI is InChI=1S/C23H30N3O10P/c1-3-32-21(29)15(2)25-37(31,36-16-8-5-4-6-9-16)34-14-23-11-7-13-33-19(23)18(28)20(35-23)26-12-10-17(27)24-22(26)30/h4-6,8-10,12,15,18-20,28H,3,7,11,13-14H2,1-2H3,(H,25,31)(H,24,27,30)/t15-,18+,19-,20+,23+,37?/m0/s1. The summed E-state index contributed by atoms with van der Waals surface area (Å²) in [6.07, 6.45) is -1.33. The summed E-state index contributed by atoms with van der Waals surface area (Å²) in [6, 6.07) is 8.36. The van der Waals surface area contributed by atoms with Gasteiger partial charge in [0.2, 0.25) is 0 Å². The molecule has 2 saturated heterocycles. The van der Waals surface area contributed by atoms with Gasteiger partial charge in [-0.05, 0) is 38.8 Å². The Labute approximate surface area is 212 Å². The predicted molar refractivity (Wildman–Crippen MR) is 129 cm³/mol. The number of hydrogen-bond donors (Lipinski definition) is 3. The topological polar surface area (TPSA) is 167 Å². The lowest BCUT2D eigenvalue weighted by Gasteiger charge is -2.38. The van der Waals surface area contributed by atoms with E-state index in [1.165, 1.54) is 13.1 Å². The van der Waals surface area contributed by atoms with E-state index < -0.39 is 55.0 Å². The van der Waals surface area contributed by atoms with Crippen LogP contribution in [-0.4, -0.2) is 64.3 Å². The van der Waals surface area contributed by atoms with Crippen LogP contribution in [0.5, 0.6) is 5.75 Å². The Balaban J connectivity index is 1.59. The van der Waals surface area contributed by atoms with Gasteiger partial charge < -0.3 is 23.8 Å². The second kappa shape index (κ2) is 11.3. The molecule has 1 aromatic heterocycles. The molecule has 14 heteroatoms. The Hall–Kier alpha value is -2.80. The second-order valence-electron chi connectivity index (χ2n) is 8.75. The fourth-order valence-corrected chi connectivity index (χ4v) is 5.92. The molecule has 2 fully saturated rings. The Kier molecular flexibility index (Phi) is 8.32. The molecule has 2 aromatic rings. The van der Waals surface area contributed by atoms with Crippen LogP contribution < -0.4 is 20.9 Å². The minimum absolute atomic E-state index is 0.134. The van der Waals surface area contributed by atoms with Gasteiger partial charge in [0.25, 0.3) is 5.56 Å². The lowest BCUT2D eigenvalue weighted by molar-refractivity contribution is -0.164. The lowest BCUT2D eigenvalue weighted by atomic mass is 9.89. The molecule has 1 unspecified atom stereocenters. The monoisotopic (exact) mass is 539 g/mol. The van der Waals surface area contributed by atoms with Crippen molar-refractivity contribution in [1.29, 1.82) is 0 Å². The van der Waals surface area contributed by atoms with Crippen molar-refractivity contribution in [2.45, 2.75) is 56.8 Å². The second-order valence-corrected chi connectivity index (χ2v) is 10.4. The van der Waals surface area contributed by atoms with Gasteiger partial charge in [-0.25, -0.2) is 9.36 Å². The maximum Gasteiger partial charge on any atom is 0.459 e. The van der Waals surface area contributed by atoms with E-state index in [-0.39, 0.29) is 19.0 Å². The zero-order valence-electron chi connectivity index (χ0n) is 20.4.